The first-order valence-electron chi connectivity index (χ1n) is 12.8. The summed E-state index contributed by atoms with van der Waals surface area (Å²) in [5.74, 6) is -4.82. The lowest BCUT2D eigenvalue weighted by Crippen LogP contribution is -2.67. The van der Waals surface area contributed by atoms with Gasteiger partial charge in [-0.1, -0.05) is 0 Å². The van der Waals surface area contributed by atoms with Crippen molar-refractivity contribution in [1.82, 2.24) is 0 Å². The lowest BCUT2D eigenvalue weighted by atomic mass is 9.96. The van der Waals surface area contributed by atoms with Crippen LogP contribution in [0.25, 0.3) is 0 Å². The lowest BCUT2D eigenvalue weighted by Gasteiger charge is -2.48. The molecule has 2 heterocycles. The molecule has 0 amide bonds. The van der Waals surface area contributed by atoms with Crippen molar-refractivity contribution in [2.24, 2.45) is 0 Å². The van der Waals surface area contributed by atoms with Crippen LogP contribution in [0.4, 0.5) is 0 Å². The highest BCUT2D eigenvalue weighted by atomic mass is 16.8. The van der Waals surface area contributed by atoms with Crippen LogP contribution in [0.1, 0.15) is 41.5 Å². The molecule has 0 aliphatic carbocycles. The number of methoxy groups -OCH3 is 1. The Morgan fingerprint density at radius 3 is 1.33 bits per heavy atom. The van der Waals surface area contributed by atoms with Gasteiger partial charge in [-0.2, -0.15) is 0 Å². The lowest BCUT2D eigenvalue weighted by molar-refractivity contribution is -0.359. The quantitative estimate of drug-likeness (QED) is 0.213. The fraction of sp³-hybridized carbons (Fsp3) is 0.760. The first kappa shape index (κ1) is 34.8. The molecule has 0 aromatic rings. The second-order valence-corrected chi connectivity index (χ2v) is 9.31. The molecular formula is C25H36O17. The van der Waals surface area contributed by atoms with Crippen LogP contribution in [0.3, 0.4) is 0 Å². The average molecular weight is 609 g/mol. The zero-order chi connectivity index (χ0) is 31.7. The third kappa shape index (κ3) is 9.87. The number of hydrogen-bond acceptors (Lipinski definition) is 17. The van der Waals surface area contributed by atoms with Gasteiger partial charge in [0.1, 0.15) is 37.6 Å². The molecule has 0 aromatic carbocycles. The van der Waals surface area contributed by atoms with E-state index in [-0.39, 0.29) is 0 Å². The van der Waals surface area contributed by atoms with Gasteiger partial charge in [-0.25, -0.2) is 0 Å². The minimum atomic E-state index is -1.73. The van der Waals surface area contributed by atoms with E-state index in [9.17, 15) is 33.9 Å². The molecule has 42 heavy (non-hydrogen) atoms. The highest BCUT2D eigenvalue weighted by Gasteiger charge is 2.56. The van der Waals surface area contributed by atoms with Crippen molar-refractivity contribution < 1.29 is 81.2 Å². The van der Waals surface area contributed by atoms with Crippen LogP contribution in [0.5, 0.6) is 0 Å². The van der Waals surface area contributed by atoms with Gasteiger partial charge in [-0.3, -0.25) is 28.8 Å². The van der Waals surface area contributed by atoms with Gasteiger partial charge < -0.3 is 52.5 Å². The topological polar surface area (TPSA) is 215 Å². The fourth-order valence-corrected chi connectivity index (χ4v) is 4.37. The zero-order valence-electron chi connectivity index (χ0n) is 24.2. The summed E-state index contributed by atoms with van der Waals surface area (Å²) in [6, 6.07) is 0. The van der Waals surface area contributed by atoms with Crippen LogP contribution in [-0.4, -0.2) is 123 Å². The third-order valence-corrected chi connectivity index (χ3v) is 5.84. The highest BCUT2D eigenvalue weighted by molar-refractivity contribution is 5.69. The second-order valence-electron chi connectivity index (χ2n) is 9.31. The molecule has 0 bridgehead atoms. The van der Waals surface area contributed by atoms with E-state index in [1.807, 2.05) is 0 Å². The summed E-state index contributed by atoms with van der Waals surface area (Å²) >= 11 is 0. The van der Waals surface area contributed by atoms with Crippen molar-refractivity contribution in [1.29, 1.82) is 0 Å². The monoisotopic (exact) mass is 608 g/mol. The summed E-state index contributed by atoms with van der Waals surface area (Å²) in [7, 11) is 1.20. The molecule has 2 fully saturated rings. The van der Waals surface area contributed by atoms with Crippen LogP contribution in [0.2, 0.25) is 0 Å². The van der Waals surface area contributed by atoms with Gasteiger partial charge in [0.25, 0.3) is 0 Å². The number of aliphatic hydroxyl groups is 1. The largest absolute Gasteiger partial charge is 0.463 e. The van der Waals surface area contributed by atoms with Gasteiger partial charge in [0.15, 0.2) is 37.0 Å². The molecule has 17 nitrogen and oxygen atoms in total. The number of rotatable bonds is 11. The Kier molecular flexibility index (Phi) is 13.0. The molecular weight excluding hydrogens is 572 g/mol. The number of carbonyl (C=O) groups is 6. The van der Waals surface area contributed by atoms with Gasteiger partial charge in [-0.15, -0.1) is 0 Å². The zero-order valence-corrected chi connectivity index (χ0v) is 24.2. The SMILES string of the molecule is CO[C@H]1O[C@H](COC(C)=O)[C@@H](OC(C)=O)[C@H](O[C@H]2O[C@H](COC(C)=O)[C@@H](OC(C)=O)[C@H](OC(C)=O)[C@@H]2OC(C)=O)[C@@H]1O. The van der Waals surface area contributed by atoms with E-state index >= 15 is 0 Å². The molecule has 10 atom stereocenters. The first-order chi connectivity index (χ1) is 19.6. The van der Waals surface area contributed by atoms with E-state index in [1.165, 1.54) is 7.11 Å². The molecule has 0 unspecified atom stereocenters. The van der Waals surface area contributed by atoms with Gasteiger partial charge in [0.2, 0.25) is 0 Å². The molecule has 17 heteroatoms. The third-order valence-electron chi connectivity index (χ3n) is 5.84. The molecule has 2 aliphatic rings. The van der Waals surface area contributed by atoms with Crippen molar-refractivity contribution >= 4 is 35.8 Å². The maximum atomic E-state index is 12.1. The first-order valence-corrected chi connectivity index (χ1v) is 12.8. The van der Waals surface area contributed by atoms with Crippen molar-refractivity contribution in [2.45, 2.75) is 103 Å². The summed E-state index contributed by atoms with van der Waals surface area (Å²) < 4.78 is 54.2. The maximum absolute atomic E-state index is 12.1. The van der Waals surface area contributed by atoms with Gasteiger partial charge >= 0.3 is 35.8 Å². The van der Waals surface area contributed by atoms with Gasteiger partial charge in [0.05, 0.1) is 0 Å². The molecule has 2 aliphatic heterocycles. The molecule has 2 saturated heterocycles. The molecule has 2 rings (SSSR count). The normalized spacial score (nSPS) is 32.6. The molecule has 0 aromatic heterocycles. The molecule has 238 valence electrons. The van der Waals surface area contributed by atoms with E-state index in [4.69, 9.17) is 47.4 Å². The van der Waals surface area contributed by atoms with E-state index in [2.05, 4.69) is 0 Å². The Bertz CT molecular complexity index is 997. The van der Waals surface area contributed by atoms with Crippen molar-refractivity contribution in [3.8, 4) is 0 Å². The molecule has 1 N–H and O–H groups in total. The van der Waals surface area contributed by atoms with Crippen LogP contribution in [0, 0.1) is 0 Å². The summed E-state index contributed by atoms with van der Waals surface area (Å²) in [5, 5.41) is 11.1. The van der Waals surface area contributed by atoms with E-state index in [1.54, 1.807) is 0 Å². The minimum Gasteiger partial charge on any atom is -0.463 e. The highest BCUT2D eigenvalue weighted by Crippen LogP contribution is 2.34. The van der Waals surface area contributed by atoms with Crippen LogP contribution in [-0.2, 0) is 76.1 Å². The van der Waals surface area contributed by atoms with E-state index < -0.39 is 110 Å². The fourth-order valence-electron chi connectivity index (χ4n) is 4.37. The predicted molar refractivity (Wildman–Crippen MR) is 131 cm³/mol. The summed E-state index contributed by atoms with van der Waals surface area (Å²) in [6.45, 7) is 5.49. The Hall–Kier alpha value is -3.38. The Morgan fingerprint density at radius 1 is 0.548 bits per heavy atom. The average Bonchev–Trinajstić information content (AvgIpc) is 2.86. The number of hydrogen-bond donors (Lipinski definition) is 1. The van der Waals surface area contributed by atoms with Gasteiger partial charge in [-0.05, 0) is 0 Å². The van der Waals surface area contributed by atoms with Gasteiger partial charge in [0, 0.05) is 48.7 Å². The number of esters is 6. The summed E-state index contributed by atoms with van der Waals surface area (Å²) in [6.07, 6.45) is -15.0. The van der Waals surface area contributed by atoms with E-state index in [0.29, 0.717) is 0 Å². The van der Waals surface area contributed by atoms with Crippen molar-refractivity contribution in [2.75, 3.05) is 20.3 Å². The molecule has 0 radical (unpaired) electrons. The Balaban J connectivity index is 2.59. The second kappa shape index (κ2) is 15.7. The maximum Gasteiger partial charge on any atom is 0.303 e. The standard InChI is InChI=1S/C25H36O17/c1-10(26)34-8-16-19(36-12(3)28)21(18(32)24(33-7)40-16)42-25-23(39-15(6)31)22(38-14(5)30)20(37-13(4)29)17(41-25)9-35-11(2)27/h16-25,32H,8-9H2,1-7H3/t16-,17-,18+,19-,20-,21-,22+,23+,24+,25-/m1/s1. The number of carbonyl (C=O) groups excluding carboxylic acids is 6. The van der Waals surface area contributed by atoms with Crippen LogP contribution < -0.4 is 0 Å². The van der Waals surface area contributed by atoms with Crippen molar-refractivity contribution in [3.63, 3.8) is 0 Å². The number of ether oxygens (including phenoxy) is 10. The van der Waals surface area contributed by atoms with Crippen LogP contribution >= 0.6 is 0 Å². The Labute approximate surface area is 240 Å². The molecule has 0 saturated carbocycles. The molecule has 0 spiro atoms. The summed E-state index contributed by atoms with van der Waals surface area (Å²) in [4.78, 5) is 71.2. The minimum absolute atomic E-state index is 0.446. The van der Waals surface area contributed by atoms with E-state index in [0.717, 1.165) is 41.5 Å². The number of aliphatic hydroxyl groups excluding tert-OH is 1. The smallest absolute Gasteiger partial charge is 0.303 e. The van der Waals surface area contributed by atoms with Crippen molar-refractivity contribution in [3.05, 3.63) is 0 Å². The van der Waals surface area contributed by atoms with Crippen LogP contribution in [0.15, 0.2) is 0 Å². The predicted octanol–water partition coefficient (Wildman–Crippen LogP) is -1.32. The Morgan fingerprint density at radius 2 is 0.929 bits per heavy atom. The summed E-state index contributed by atoms with van der Waals surface area (Å²) in [5.41, 5.74) is 0.